The molecule has 3 heterocycles. The van der Waals surface area contributed by atoms with Crippen LogP contribution in [0, 0.1) is 0 Å². The molecule has 2 aliphatic rings. The fourth-order valence-electron chi connectivity index (χ4n) is 3.86. The molecule has 3 rings (SSSR count). The van der Waals surface area contributed by atoms with Gasteiger partial charge in [0, 0.05) is 31.5 Å². The van der Waals surface area contributed by atoms with Crippen molar-refractivity contribution >= 4 is 6.09 Å². The number of hydrogen-bond acceptors (Lipinski definition) is 4. The summed E-state index contributed by atoms with van der Waals surface area (Å²) >= 11 is 0. The van der Waals surface area contributed by atoms with Gasteiger partial charge < -0.3 is 14.5 Å². The normalized spacial score (nSPS) is 21.3. The van der Waals surface area contributed by atoms with Crippen molar-refractivity contribution < 1.29 is 9.53 Å². The molecule has 0 saturated carbocycles. The average Bonchev–Trinajstić information content (AvgIpc) is 2.63. The molecule has 1 aromatic heterocycles. The minimum absolute atomic E-state index is 0.151. The van der Waals surface area contributed by atoms with Crippen LogP contribution in [-0.4, -0.2) is 59.7 Å². The SMILES string of the molecule is CCOC(=O)N1CCC(N2CCC(c3ccncc3)CC2)CC1. The highest BCUT2D eigenvalue weighted by Crippen LogP contribution is 2.30. The van der Waals surface area contributed by atoms with Gasteiger partial charge in [0.1, 0.15) is 0 Å². The highest BCUT2D eigenvalue weighted by molar-refractivity contribution is 5.67. The van der Waals surface area contributed by atoms with Crippen LogP contribution < -0.4 is 0 Å². The topological polar surface area (TPSA) is 45.7 Å². The lowest BCUT2D eigenvalue weighted by atomic mass is 9.88. The zero-order valence-corrected chi connectivity index (χ0v) is 14.0. The molecule has 5 heteroatoms. The number of piperidine rings is 2. The van der Waals surface area contributed by atoms with E-state index in [4.69, 9.17) is 4.74 Å². The molecule has 1 amide bonds. The summed E-state index contributed by atoms with van der Waals surface area (Å²) in [6, 6.07) is 4.93. The predicted octanol–water partition coefficient (Wildman–Crippen LogP) is 2.88. The number of pyridine rings is 1. The Bertz CT molecular complexity index is 492. The van der Waals surface area contributed by atoms with Gasteiger partial charge in [-0.15, -0.1) is 0 Å². The van der Waals surface area contributed by atoms with Crippen molar-refractivity contribution in [2.24, 2.45) is 0 Å². The lowest BCUT2D eigenvalue weighted by Crippen LogP contribution is -2.48. The first kappa shape index (κ1) is 16.2. The molecule has 0 radical (unpaired) electrons. The zero-order valence-electron chi connectivity index (χ0n) is 14.0. The van der Waals surface area contributed by atoms with Crippen LogP contribution in [0.5, 0.6) is 0 Å². The first-order chi connectivity index (χ1) is 11.3. The minimum Gasteiger partial charge on any atom is -0.450 e. The Morgan fingerprint density at radius 2 is 1.78 bits per heavy atom. The third kappa shape index (κ3) is 4.02. The van der Waals surface area contributed by atoms with E-state index in [1.54, 1.807) is 0 Å². The van der Waals surface area contributed by atoms with E-state index < -0.39 is 0 Å². The number of nitrogens with zero attached hydrogens (tertiary/aromatic N) is 3. The number of aromatic nitrogens is 1. The average molecular weight is 317 g/mol. The van der Waals surface area contributed by atoms with Crippen LogP contribution in [0.25, 0.3) is 0 Å². The standard InChI is InChI=1S/C18H27N3O2/c1-2-23-18(22)21-13-7-17(8-14-21)20-11-5-16(6-12-20)15-3-9-19-10-4-15/h3-4,9-10,16-17H,2,5-8,11-14H2,1H3. The Morgan fingerprint density at radius 1 is 1.13 bits per heavy atom. The summed E-state index contributed by atoms with van der Waals surface area (Å²) in [6.07, 6.45) is 8.23. The van der Waals surface area contributed by atoms with Crippen molar-refractivity contribution in [2.75, 3.05) is 32.8 Å². The van der Waals surface area contributed by atoms with Crippen LogP contribution in [0.1, 0.15) is 44.1 Å². The maximum atomic E-state index is 11.8. The molecule has 5 nitrogen and oxygen atoms in total. The molecular weight excluding hydrogens is 290 g/mol. The molecule has 0 spiro atoms. The summed E-state index contributed by atoms with van der Waals surface area (Å²) in [5.74, 6) is 0.675. The third-order valence-electron chi connectivity index (χ3n) is 5.21. The Hall–Kier alpha value is -1.62. The van der Waals surface area contributed by atoms with Crippen LogP contribution in [-0.2, 0) is 4.74 Å². The Kier molecular flexibility index (Phi) is 5.49. The van der Waals surface area contributed by atoms with Crippen molar-refractivity contribution in [1.29, 1.82) is 0 Å². The first-order valence-electron chi connectivity index (χ1n) is 8.83. The summed E-state index contributed by atoms with van der Waals surface area (Å²) in [7, 11) is 0. The zero-order chi connectivity index (χ0) is 16.1. The molecule has 23 heavy (non-hydrogen) atoms. The first-order valence-corrected chi connectivity index (χ1v) is 8.83. The molecule has 0 bridgehead atoms. The Morgan fingerprint density at radius 3 is 2.39 bits per heavy atom. The number of hydrogen-bond donors (Lipinski definition) is 0. The largest absolute Gasteiger partial charge is 0.450 e. The van der Waals surface area contributed by atoms with Crippen LogP contribution >= 0.6 is 0 Å². The summed E-state index contributed by atoms with van der Waals surface area (Å²) < 4.78 is 5.09. The smallest absolute Gasteiger partial charge is 0.409 e. The van der Waals surface area contributed by atoms with Gasteiger partial charge in [-0.25, -0.2) is 4.79 Å². The van der Waals surface area contributed by atoms with Gasteiger partial charge in [0.15, 0.2) is 0 Å². The van der Waals surface area contributed by atoms with Gasteiger partial charge in [-0.3, -0.25) is 4.98 Å². The predicted molar refractivity (Wildman–Crippen MR) is 89.4 cm³/mol. The van der Waals surface area contributed by atoms with Crippen LogP contribution in [0.15, 0.2) is 24.5 Å². The fraction of sp³-hybridized carbons (Fsp3) is 0.667. The van der Waals surface area contributed by atoms with Crippen molar-refractivity contribution in [2.45, 2.75) is 44.6 Å². The molecule has 0 atom stereocenters. The van der Waals surface area contributed by atoms with Gasteiger partial charge in [0.05, 0.1) is 6.61 Å². The van der Waals surface area contributed by atoms with Gasteiger partial charge in [-0.05, 0) is 69.3 Å². The lowest BCUT2D eigenvalue weighted by Gasteiger charge is -2.41. The van der Waals surface area contributed by atoms with Crippen LogP contribution in [0.3, 0.4) is 0 Å². The van der Waals surface area contributed by atoms with Crippen molar-refractivity contribution in [3.05, 3.63) is 30.1 Å². The quantitative estimate of drug-likeness (QED) is 0.860. The number of carbonyl (C=O) groups is 1. The monoisotopic (exact) mass is 317 g/mol. The second kappa shape index (κ2) is 7.77. The number of amides is 1. The van der Waals surface area contributed by atoms with Gasteiger partial charge in [0.25, 0.3) is 0 Å². The van der Waals surface area contributed by atoms with Gasteiger partial charge >= 0.3 is 6.09 Å². The molecule has 0 aromatic carbocycles. The summed E-state index contributed by atoms with van der Waals surface area (Å²) in [6.45, 7) is 6.30. The van der Waals surface area contributed by atoms with E-state index in [2.05, 4.69) is 22.0 Å². The van der Waals surface area contributed by atoms with Gasteiger partial charge in [-0.2, -0.15) is 0 Å². The molecule has 2 saturated heterocycles. The molecule has 0 N–H and O–H groups in total. The van der Waals surface area contributed by atoms with E-state index in [9.17, 15) is 4.79 Å². The maximum absolute atomic E-state index is 11.8. The van der Waals surface area contributed by atoms with Crippen molar-refractivity contribution in [3.8, 4) is 0 Å². The molecule has 2 fully saturated rings. The molecule has 2 aliphatic heterocycles. The van der Waals surface area contributed by atoms with Crippen molar-refractivity contribution in [3.63, 3.8) is 0 Å². The van der Waals surface area contributed by atoms with E-state index in [0.717, 1.165) is 39.0 Å². The van der Waals surface area contributed by atoms with E-state index in [1.807, 2.05) is 24.2 Å². The van der Waals surface area contributed by atoms with Gasteiger partial charge in [0.2, 0.25) is 0 Å². The molecular formula is C18H27N3O2. The van der Waals surface area contributed by atoms with E-state index in [1.165, 1.54) is 18.4 Å². The van der Waals surface area contributed by atoms with E-state index in [-0.39, 0.29) is 6.09 Å². The summed E-state index contributed by atoms with van der Waals surface area (Å²) in [5, 5.41) is 0. The highest BCUT2D eigenvalue weighted by Gasteiger charge is 2.30. The van der Waals surface area contributed by atoms with Crippen molar-refractivity contribution in [1.82, 2.24) is 14.8 Å². The Balaban J connectivity index is 1.45. The second-order valence-corrected chi connectivity index (χ2v) is 6.51. The minimum atomic E-state index is -0.151. The maximum Gasteiger partial charge on any atom is 0.409 e. The van der Waals surface area contributed by atoms with E-state index in [0.29, 0.717) is 18.6 Å². The lowest BCUT2D eigenvalue weighted by molar-refractivity contribution is 0.0663. The third-order valence-corrected chi connectivity index (χ3v) is 5.21. The number of rotatable bonds is 3. The second-order valence-electron chi connectivity index (χ2n) is 6.51. The van der Waals surface area contributed by atoms with Crippen LogP contribution in [0.2, 0.25) is 0 Å². The van der Waals surface area contributed by atoms with E-state index >= 15 is 0 Å². The number of likely N-dealkylation sites (tertiary alicyclic amines) is 2. The number of carbonyl (C=O) groups excluding carboxylic acids is 1. The molecule has 1 aromatic rings. The molecule has 126 valence electrons. The van der Waals surface area contributed by atoms with Crippen LogP contribution in [0.4, 0.5) is 4.79 Å². The van der Waals surface area contributed by atoms with Gasteiger partial charge in [-0.1, -0.05) is 0 Å². The summed E-state index contributed by atoms with van der Waals surface area (Å²) in [5.41, 5.74) is 1.43. The molecule has 0 unspecified atom stereocenters. The fourth-order valence-corrected chi connectivity index (χ4v) is 3.86. The number of ether oxygens (including phenoxy) is 1. The molecule has 0 aliphatic carbocycles. The highest BCUT2D eigenvalue weighted by atomic mass is 16.6. The summed E-state index contributed by atoms with van der Waals surface area (Å²) in [4.78, 5) is 20.4. The Labute approximate surface area is 138 Å².